The second-order valence-corrected chi connectivity index (χ2v) is 3.55. The van der Waals surface area contributed by atoms with Gasteiger partial charge in [-0.2, -0.15) is 0 Å². The number of benzene rings is 1. The van der Waals surface area contributed by atoms with Gasteiger partial charge < -0.3 is 15.4 Å². The van der Waals surface area contributed by atoms with E-state index in [0.29, 0.717) is 11.5 Å². The van der Waals surface area contributed by atoms with E-state index in [1.54, 1.807) is 7.11 Å². The minimum atomic E-state index is 0.482. The monoisotopic (exact) mass is 210 g/mol. The molecule has 2 N–H and O–H groups in total. The zero-order valence-electron chi connectivity index (χ0n) is 8.36. The summed E-state index contributed by atoms with van der Waals surface area (Å²) in [5, 5.41) is 0. The van der Waals surface area contributed by atoms with Crippen LogP contribution >= 0.6 is 12.2 Å². The van der Waals surface area contributed by atoms with Gasteiger partial charge in [-0.05, 0) is 12.1 Å². The lowest BCUT2D eigenvalue weighted by atomic mass is 10.3. The molecule has 0 aliphatic carbocycles. The molecule has 76 valence electrons. The minimum absolute atomic E-state index is 0.482. The summed E-state index contributed by atoms with van der Waals surface area (Å²) in [6.45, 7) is 0.572. The van der Waals surface area contributed by atoms with Gasteiger partial charge in [-0.3, -0.25) is 0 Å². The van der Waals surface area contributed by atoms with Crippen LogP contribution < -0.4 is 15.4 Å². The zero-order valence-corrected chi connectivity index (χ0v) is 9.17. The van der Waals surface area contributed by atoms with Gasteiger partial charge in [0.1, 0.15) is 5.75 Å². The van der Waals surface area contributed by atoms with E-state index in [-0.39, 0.29) is 0 Å². The van der Waals surface area contributed by atoms with Crippen LogP contribution in [0.3, 0.4) is 0 Å². The summed E-state index contributed by atoms with van der Waals surface area (Å²) < 4.78 is 5.12. The zero-order chi connectivity index (χ0) is 10.6. The predicted octanol–water partition coefficient (Wildman–Crippen LogP) is 1.42. The van der Waals surface area contributed by atoms with Crippen LogP contribution in [0, 0.1) is 0 Å². The lowest BCUT2D eigenvalue weighted by Crippen LogP contribution is -2.29. The molecule has 0 aliphatic rings. The van der Waals surface area contributed by atoms with Crippen LogP contribution in [0.15, 0.2) is 24.3 Å². The molecule has 14 heavy (non-hydrogen) atoms. The van der Waals surface area contributed by atoms with Crippen molar-refractivity contribution in [2.24, 2.45) is 5.73 Å². The van der Waals surface area contributed by atoms with Gasteiger partial charge in [0.15, 0.2) is 0 Å². The van der Waals surface area contributed by atoms with Crippen LogP contribution in [-0.4, -0.2) is 25.7 Å². The van der Waals surface area contributed by atoms with E-state index in [4.69, 9.17) is 22.7 Å². The summed E-state index contributed by atoms with van der Waals surface area (Å²) >= 11 is 4.84. The molecule has 4 heteroatoms. The van der Waals surface area contributed by atoms with Crippen molar-refractivity contribution in [1.29, 1.82) is 0 Å². The van der Waals surface area contributed by atoms with Crippen LogP contribution in [0.4, 0.5) is 5.69 Å². The molecule has 1 aromatic rings. The number of anilines is 1. The van der Waals surface area contributed by atoms with Gasteiger partial charge in [-0.25, -0.2) is 0 Å². The summed E-state index contributed by atoms with van der Waals surface area (Å²) in [6.07, 6.45) is 0. The average molecular weight is 210 g/mol. The van der Waals surface area contributed by atoms with Crippen molar-refractivity contribution < 1.29 is 4.74 Å². The average Bonchev–Trinajstić information content (AvgIpc) is 2.17. The first kappa shape index (κ1) is 10.8. The fourth-order valence-corrected chi connectivity index (χ4v) is 1.37. The number of rotatable bonds is 4. The smallest absolute Gasteiger partial charge is 0.120 e. The molecule has 0 saturated heterocycles. The van der Waals surface area contributed by atoms with Crippen molar-refractivity contribution in [3.05, 3.63) is 24.3 Å². The maximum Gasteiger partial charge on any atom is 0.120 e. The van der Waals surface area contributed by atoms with Gasteiger partial charge in [0.25, 0.3) is 0 Å². The fourth-order valence-electron chi connectivity index (χ4n) is 1.17. The van der Waals surface area contributed by atoms with Crippen LogP contribution in [-0.2, 0) is 0 Å². The molecule has 0 spiro atoms. The van der Waals surface area contributed by atoms with E-state index in [1.807, 2.05) is 36.2 Å². The highest BCUT2D eigenvalue weighted by Gasteiger charge is 2.02. The maximum atomic E-state index is 5.46. The van der Waals surface area contributed by atoms with Crippen molar-refractivity contribution in [1.82, 2.24) is 0 Å². The van der Waals surface area contributed by atoms with E-state index in [2.05, 4.69) is 0 Å². The van der Waals surface area contributed by atoms with Gasteiger partial charge in [0.05, 0.1) is 18.6 Å². The summed E-state index contributed by atoms with van der Waals surface area (Å²) in [5.41, 5.74) is 6.50. The van der Waals surface area contributed by atoms with Gasteiger partial charge in [0, 0.05) is 18.8 Å². The summed E-state index contributed by atoms with van der Waals surface area (Å²) in [4.78, 5) is 2.46. The van der Waals surface area contributed by atoms with Crippen molar-refractivity contribution in [2.75, 3.05) is 25.6 Å². The lowest BCUT2D eigenvalue weighted by Gasteiger charge is -2.18. The molecule has 0 saturated carbocycles. The summed E-state index contributed by atoms with van der Waals surface area (Å²) in [5.74, 6) is 0.831. The molecule has 0 bridgehead atoms. The topological polar surface area (TPSA) is 38.5 Å². The molecule has 1 rings (SSSR count). The quantitative estimate of drug-likeness (QED) is 0.763. The predicted molar refractivity (Wildman–Crippen MR) is 63.0 cm³/mol. The first-order valence-corrected chi connectivity index (χ1v) is 4.68. The number of hydrogen-bond donors (Lipinski definition) is 1. The first-order chi connectivity index (χ1) is 6.63. The Kier molecular flexibility index (Phi) is 3.71. The molecule has 0 aliphatic heterocycles. The van der Waals surface area contributed by atoms with Gasteiger partial charge in [0.2, 0.25) is 0 Å². The number of thiocarbonyl (C=S) groups is 1. The number of ether oxygens (including phenoxy) is 1. The SMILES string of the molecule is COc1cccc(N(C)CC(N)=S)c1. The Labute approximate surface area is 89.5 Å². The first-order valence-electron chi connectivity index (χ1n) is 4.27. The molecule has 0 amide bonds. The Hall–Kier alpha value is -1.29. The highest BCUT2D eigenvalue weighted by atomic mass is 32.1. The van der Waals surface area contributed by atoms with E-state index in [1.165, 1.54) is 0 Å². The number of likely N-dealkylation sites (N-methyl/N-ethyl adjacent to an activating group) is 1. The summed E-state index contributed by atoms with van der Waals surface area (Å²) in [7, 11) is 3.58. The van der Waals surface area contributed by atoms with E-state index >= 15 is 0 Å². The van der Waals surface area contributed by atoms with Crippen LogP contribution in [0.2, 0.25) is 0 Å². The third-order valence-electron chi connectivity index (χ3n) is 1.89. The third kappa shape index (κ3) is 2.88. The Morgan fingerprint density at radius 2 is 2.29 bits per heavy atom. The molecule has 0 aromatic heterocycles. The van der Waals surface area contributed by atoms with E-state index in [0.717, 1.165) is 11.4 Å². The van der Waals surface area contributed by atoms with Crippen LogP contribution in [0.25, 0.3) is 0 Å². The number of hydrogen-bond acceptors (Lipinski definition) is 3. The van der Waals surface area contributed by atoms with Crippen molar-refractivity contribution in [2.45, 2.75) is 0 Å². The molecule has 1 aromatic carbocycles. The Bertz CT molecular complexity index is 328. The number of nitrogens with zero attached hydrogens (tertiary/aromatic N) is 1. The largest absolute Gasteiger partial charge is 0.497 e. The Morgan fingerprint density at radius 1 is 1.57 bits per heavy atom. The Balaban J connectivity index is 2.78. The second kappa shape index (κ2) is 4.81. The Morgan fingerprint density at radius 3 is 2.86 bits per heavy atom. The maximum absolute atomic E-state index is 5.46. The van der Waals surface area contributed by atoms with Crippen molar-refractivity contribution in [3.63, 3.8) is 0 Å². The third-order valence-corrected chi connectivity index (χ3v) is 2.02. The van der Waals surface area contributed by atoms with Gasteiger partial charge in [-0.1, -0.05) is 18.3 Å². The molecule has 0 radical (unpaired) electrons. The molecule has 3 nitrogen and oxygen atoms in total. The fraction of sp³-hybridized carbons (Fsp3) is 0.300. The van der Waals surface area contributed by atoms with Crippen LogP contribution in [0.5, 0.6) is 5.75 Å². The molecular formula is C10H14N2OS. The van der Waals surface area contributed by atoms with Gasteiger partial charge in [-0.15, -0.1) is 0 Å². The van der Waals surface area contributed by atoms with Crippen molar-refractivity contribution in [3.8, 4) is 5.75 Å². The highest BCUT2D eigenvalue weighted by Crippen LogP contribution is 2.19. The standard InChI is InChI=1S/C10H14N2OS/c1-12(7-10(11)14)8-4-3-5-9(6-8)13-2/h3-6H,7H2,1-2H3,(H2,11,14). The second-order valence-electron chi connectivity index (χ2n) is 3.02. The van der Waals surface area contributed by atoms with E-state index < -0.39 is 0 Å². The summed E-state index contributed by atoms with van der Waals surface area (Å²) in [6, 6.07) is 7.77. The number of methoxy groups -OCH3 is 1. The molecule has 0 atom stereocenters. The van der Waals surface area contributed by atoms with Gasteiger partial charge >= 0.3 is 0 Å². The van der Waals surface area contributed by atoms with Crippen molar-refractivity contribution >= 4 is 22.9 Å². The number of nitrogens with two attached hydrogens (primary N) is 1. The van der Waals surface area contributed by atoms with Crippen LogP contribution in [0.1, 0.15) is 0 Å². The minimum Gasteiger partial charge on any atom is -0.497 e. The molecule has 0 unspecified atom stereocenters. The lowest BCUT2D eigenvalue weighted by molar-refractivity contribution is 0.415. The highest BCUT2D eigenvalue weighted by molar-refractivity contribution is 7.80. The molecular weight excluding hydrogens is 196 g/mol. The normalized spacial score (nSPS) is 9.57. The molecule has 0 fully saturated rings. The van der Waals surface area contributed by atoms with E-state index in [9.17, 15) is 0 Å². The molecule has 0 heterocycles.